The molecule has 0 atom stereocenters. The standard InChI is InChI=1S/C17H13BrN4O2/c18-10-3-5-11(6-4-10)22-9-14(23)20-15-12(8-19)13-2-1-7-21(13)16(15)17(22)24/h3-6H,1-2,7,9H2,(H,20,23). The Morgan fingerprint density at radius 2 is 1.96 bits per heavy atom. The maximum atomic E-state index is 13.1. The van der Waals surface area contributed by atoms with Gasteiger partial charge < -0.3 is 9.88 Å². The van der Waals surface area contributed by atoms with Gasteiger partial charge >= 0.3 is 0 Å². The summed E-state index contributed by atoms with van der Waals surface area (Å²) in [5, 5.41) is 12.2. The van der Waals surface area contributed by atoms with Crippen molar-refractivity contribution in [1.82, 2.24) is 4.57 Å². The summed E-state index contributed by atoms with van der Waals surface area (Å²) in [6, 6.07) is 9.39. The molecule has 0 saturated carbocycles. The van der Waals surface area contributed by atoms with Gasteiger partial charge in [-0.05, 0) is 37.1 Å². The number of rotatable bonds is 1. The molecule has 0 aliphatic carbocycles. The zero-order valence-corrected chi connectivity index (χ0v) is 14.3. The monoisotopic (exact) mass is 384 g/mol. The van der Waals surface area contributed by atoms with Gasteiger partial charge in [-0.1, -0.05) is 15.9 Å². The van der Waals surface area contributed by atoms with Crippen molar-refractivity contribution < 1.29 is 9.59 Å². The summed E-state index contributed by atoms with van der Waals surface area (Å²) in [7, 11) is 0. The fraction of sp³-hybridized carbons (Fsp3) is 0.235. The van der Waals surface area contributed by atoms with E-state index in [4.69, 9.17) is 0 Å². The molecule has 24 heavy (non-hydrogen) atoms. The number of nitrogens with zero attached hydrogens (tertiary/aromatic N) is 3. The number of nitriles is 1. The first kappa shape index (κ1) is 15.0. The van der Waals surface area contributed by atoms with E-state index < -0.39 is 0 Å². The molecule has 4 rings (SSSR count). The third-order valence-electron chi connectivity index (χ3n) is 4.43. The average Bonchev–Trinajstić information content (AvgIpc) is 3.09. The van der Waals surface area contributed by atoms with Crippen LogP contribution in [0.2, 0.25) is 0 Å². The molecular formula is C17H13BrN4O2. The molecule has 0 bridgehead atoms. The number of nitrogens with one attached hydrogen (secondary N) is 1. The minimum absolute atomic E-state index is 0.0741. The van der Waals surface area contributed by atoms with E-state index in [1.165, 1.54) is 4.90 Å². The average molecular weight is 385 g/mol. The molecule has 0 unspecified atom stereocenters. The molecule has 7 heteroatoms. The molecule has 6 nitrogen and oxygen atoms in total. The number of fused-ring (bicyclic) bond motifs is 3. The first-order chi connectivity index (χ1) is 11.6. The lowest BCUT2D eigenvalue weighted by atomic mass is 10.1. The lowest BCUT2D eigenvalue weighted by Gasteiger charge is -2.20. The summed E-state index contributed by atoms with van der Waals surface area (Å²) in [5.41, 5.74) is 2.68. The van der Waals surface area contributed by atoms with Crippen molar-refractivity contribution in [1.29, 1.82) is 5.26 Å². The van der Waals surface area contributed by atoms with Gasteiger partial charge in [-0.25, -0.2) is 0 Å². The van der Waals surface area contributed by atoms with Crippen LogP contribution in [0.3, 0.4) is 0 Å². The summed E-state index contributed by atoms with van der Waals surface area (Å²) in [6.07, 6.45) is 1.65. The molecule has 2 aliphatic rings. The van der Waals surface area contributed by atoms with Crippen molar-refractivity contribution in [3.63, 3.8) is 0 Å². The van der Waals surface area contributed by atoms with Gasteiger partial charge in [0.15, 0.2) is 0 Å². The molecule has 1 aromatic heterocycles. The Morgan fingerprint density at radius 1 is 1.21 bits per heavy atom. The number of carbonyl (C=O) groups is 2. The maximum absolute atomic E-state index is 13.1. The van der Waals surface area contributed by atoms with E-state index in [1.807, 2.05) is 16.7 Å². The Kier molecular flexibility index (Phi) is 3.43. The normalized spacial score (nSPS) is 16.2. The van der Waals surface area contributed by atoms with Crippen LogP contribution in [0.5, 0.6) is 0 Å². The number of carbonyl (C=O) groups excluding carboxylic acids is 2. The topological polar surface area (TPSA) is 78.1 Å². The fourth-order valence-electron chi connectivity index (χ4n) is 3.40. The predicted octanol–water partition coefficient (Wildman–Crippen LogP) is 2.67. The van der Waals surface area contributed by atoms with Crippen molar-refractivity contribution in [2.45, 2.75) is 19.4 Å². The zero-order chi connectivity index (χ0) is 16.8. The van der Waals surface area contributed by atoms with E-state index in [0.29, 0.717) is 29.2 Å². The fourth-order valence-corrected chi connectivity index (χ4v) is 3.66. The molecule has 1 N–H and O–H groups in total. The molecule has 2 amide bonds. The Hall–Kier alpha value is -2.59. The second-order valence-electron chi connectivity index (χ2n) is 5.83. The lowest BCUT2D eigenvalue weighted by Crippen LogP contribution is -2.36. The number of aromatic nitrogens is 1. The van der Waals surface area contributed by atoms with Gasteiger partial charge in [0.05, 0.1) is 11.3 Å². The van der Waals surface area contributed by atoms with Crippen LogP contribution in [0.1, 0.15) is 28.2 Å². The highest BCUT2D eigenvalue weighted by atomic mass is 79.9. The highest BCUT2D eigenvalue weighted by molar-refractivity contribution is 9.10. The van der Waals surface area contributed by atoms with Gasteiger partial charge in [-0.3, -0.25) is 14.5 Å². The second-order valence-corrected chi connectivity index (χ2v) is 6.74. The smallest absolute Gasteiger partial charge is 0.277 e. The highest BCUT2D eigenvalue weighted by Crippen LogP contribution is 2.36. The minimum atomic E-state index is -0.300. The molecule has 0 radical (unpaired) electrons. The molecule has 0 spiro atoms. The van der Waals surface area contributed by atoms with Gasteiger partial charge in [0.2, 0.25) is 5.91 Å². The third kappa shape index (κ3) is 2.14. The van der Waals surface area contributed by atoms with Gasteiger partial charge in [0, 0.05) is 22.4 Å². The number of hydrogen-bond acceptors (Lipinski definition) is 3. The Balaban J connectivity index is 1.88. The first-order valence-corrected chi connectivity index (χ1v) is 8.42. The lowest BCUT2D eigenvalue weighted by molar-refractivity contribution is -0.114. The molecule has 120 valence electrons. The number of anilines is 2. The van der Waals surface area contributed by atoms with Crippen LogP contribution in [-0.4, -0.2) is 22.9 Å². The van der Waals surface area contributed by atoms with Gasteiger partial charge in [-0.2, -0.15) is 5.26 Å². The summed E-state index contributed by atoms with van der Waals surface area (Å²) < 4.78 is 2.78. The van der Waals surface area contributed by atoms with E-state index >= 15 is 0 Å². The van der Waals surface area contributed by atoms with E-state index in [-0.39, 0.29) is 18.4 Å². The van der Waals surface area contributed by atoms with E-state index in [2.05, 4.69) is 27.3 Å². The van der Waals surface area contributed by atoms with Crippen LogP contribution in [0.4, 0.5) is 11.4 Å². The van der Waals surface area contributed by atoms with Crippen molar-refractivity contribution in [2.24, 2.45) is 0 Å². The molecule has 3 heterocycles. The Morgan fingerprint density at radius 3 is 2.67 bits per heavy atom. The SMILES string of the molecule is N#Cc1c2c(n3c1CCC3)C(=O)N(c1ccc(Br)cc1)CC(=O)N2. The van der Waals surface area contributed by atoms with E-state index in [1.54, 1.807) is 12.1 Å². The molecule has 1 aromatic carbocycles. The Bertz CT molecular complexity index is 908. The molecule has 0 fully saturated rings. The van der Waals surface area contributed by atoms with Crippen LogP contribution in [0.25, 0.3) is 0 Å². The first-order valence-electron chi connectivity index (χ1n) is 7.63. The summed E-state index contributed by atoms with van der Waals surface area (Å²) in [5.74, 6) is -0.555. The van der Waals surface area contributed by atoms with Crippen LogP contribution >= 0.6 is 15.9 Å². The van der Waals surface area contributed by atoms with Crippen LogP contribution < -0.4 is 10.2 Å². The number of hydrogen-bond donors (Lipinski definition) is 1. The van der Waals surface area contributed by atoms with Crippen molar-refractivity contribution in [3.8, 4) is 6.07 Å². The highest BCUT2D eigenvalue weighted by Gasteiger charge is 2.36. The van der Waals surface area contributed by atoms with Gasteiger partial charge in [0.1, 0.15) is 18.3 Å². The summed E-state index contributed by atoms with van der Waals surface area (Å²) in [4.78, 5) is 26.9. The number of halogens is 1. The number of amides is 2. The maximum Gasteiger partial charge on any atom is 0.277 e. The third-order valence-corrected chi connectivity index (χ3v) is 4.96. The van der Waals surface area contributed by atoms with Crippen LogP contribution in [0, 0.1) is 11.3 Å². The van der Waals surface area contributed by atoms with E-state index in [9.17, 15) is 14.9 Å². The van der Waals surface area contributed by atoms with Crippen molar-refractivity contribution in [3.05, 3.63) is 45.7 Å². The van der Waals surface area contributed by atoms with Crippen molar-refractivity contribution >= 4 is 39.1 Å². The number of benzene rings is 1. The van der Waals surface area contributed by atoms with Crippen LogP contribution in [-0.2, 0) is 17.8 Å². The molecule has 0 saturated heterocycles. The second kappa shape index (κ2) is 5.49. The van der Waals surface area contributed by atoms with Gasteiger partial charge in [-0.15, -0.1) is 0 Å². The van der Waals surface area contributed by atoms with Crippen molar-refractivity contribution in [2.75, 3.05) is 16.8 Å². The van der Waals surface area contributed by atoms with Crippen LogP contribution in [0.15, 0.2) is 28.7 Å². The molecule has 2 aromatic rings. The van der Waals surface area contributed by atoms with E-state index in [0.717, 1.165) is 23.0 Å². The minimum Gasteiger partial charge on any atom is -0.337 e. The largest absolute Gasteiger partial charge is 0.337 e. The quantitative estimate of drug-likeness (QED) is 0.820. The predicted molar refractivity (Wildman–Crippen MR) is 91.9 cm³/mol. The summed E-state index contributed by atoms with van der Waals surface area (Å²) in [6.45, 7) is 0.616. The Labute approximate surface area is 146 Å². The zero-order valence-electron chi connectivity index (χ0n) is 12.7. The van der Waals surface area contributed by atoms with Gasteiger partial charge in [0.25, 0.3) is 5.91 Å². The molecule has 2 aliphatic heterocycles. The molecular weight excluding hydrogens is 372 g/mol. The summed E-state index contributed by atoms with van der Waals surface area (Å²) >= 11 is 3.37.